The Balaban J connectivity index is 1.99. The van der Waals surface area contributed by atoms with Crippen molar-refractivity contribution in [2.24, 2.45) is 0 Å². The van der Waals surface area contributed by atoms with Crippen LogP contribution in [0, 0.1) is 0 Å². The zero-order valence-corrected chi connectivity index (χ0v) is 11.8. The number of aromatic nitrogens is 5. The van der Waals surface area contributed by atoms with Crippen LogP contribution in [-0.4, -0.2) is 36.5 Å². The first-order valence-electron chi connectivity index (χ1n) is 6.90. The fraction of sp³-hybridized carbons (Fsp3) is 0. The fourth-order valence-electron chi connectivity index (χ4n) is 2.64. The Hall–Kier alpha value is -3.48. The summed E-state index contributed by atoms with van der Waals surface area (Å²) < 4.78 is 0. The summed E-state index contributed by atoms with van der Waals surface area (Å²) in [7, 11) is 0. The van der Waals surface area contributed by atoms with Crippen LogP contribution in [0.3, 0.4) is 0 Å². The van der Waals surface area contributed by atoms with Crippen molar-refractivity contribution in [3.63, 3.8) is 0 Å². The molecule has 3 N–H and O–H groups in total. The summed E-state index contributed by atoms with van der Waals surface area (Å²) in [4.78, 5) is 15.6. The zero-order chi connectivity index (χ0) is 15.8. The highest BCUT2D eigenvalue weighted by molar-refractivity contribution is 6.09. The molecular weight excluding hydrogens is 294 g/mol. The molecule has 0 spiro atoms. The second-order valence-electron chi connectivity index (χ2n) is 5.01. The van der Waals surface area contributed by atoms with Crippen molar-refractivity contribution in [2.75, 3.05) is 0 Å². The van der Waals surface area contributed by atoms with Gasteiger partial charge in [-0.1, -0.05) is 6.07 Å². The maximum atomic E-state index is 11.5. The second-order valence-corrected chi connectivity index (χ2v) is 5.01. The van der Waals surface area contributed by atoms with Gasteiger partial charge in [-0.05, 0) is 24.3 Å². The predicted molar refractivity (Wildman–Crippen MR) is 83.9 cm³/mol. The summed E-state index contributed by atoms with van der Waals surface area (Å²) >= 11 is 0. The Kier molecular flexibility index (Phi) is 2.90. The number of aromatic carboxylic acids is 1. The molecule has 112 valence electrons. The second kappa shape index (κ2) is 5.06. The highest BCUT2D eigenvalue weighted by Gasteiger charge is 2.20. The van der Waals surface area contributed by atoms with Gasteiger partial charge < -0.3 is 5.11 Å². The van der Waals surface area contributed by atoms with E-state index in [0.29, 0.717) is 16.6 Å². The average molecular weight is 305 g/mol. The zero-order valence-electron chi connectivity index (χ0n) is 11.8. The molecule has 4 rings (SSSR count). The molecule has 1 aromatic carbocycles. The Labute approximate surface area is 130 Å². The lowest BCUT2D eigenvalue weighted by atomic mass is 10.0. The number of carbonyl (C=O) groups is 1. The molecule has 0 aliphatic carbocycles. The number of hydrogen-bond donors (Lipinski definition) is 3. The number of rotatable bonds is 3. The molecule has 7 nitrogen and oxygen atoms in total. The van der Waals surface area contributed by atoms with Crippen molar-refractivity contribution in [1.29, 1.82) is 0 Å². The van der Waals surface area contributed by atoms with Crippen molar-refractivity contribution < 1.29 is 9.90 Å². The maximum Gasteiger partial charge on any atom is 0.336 e. The standard InChI is InChI=1S/C16H11N5O2/c22-16(23)10-4-1-5-12-13(10)15(21-19-12)11-8-18-20-14(11)9-3-2-6-17-7-9/h1-8H,(H,18,20)(H,19,21)(H,22,23). The highest BCUT2D eigenvalue weighted by Crippen LogP contribution is 2.34. The van der Waals surface area contributed by atoms with Crippen LogP contribution in [0.2, 0.25) is 0 Å². The van der Waals surface area contributed by atoms with Crippen LogP contribution in [0.4, 0.5) is 0 Å². The summed E-state index contributed by atoms with van der Waals surface area (Å²) in [5.41, 5.74) is 3.72. The molecule has 0 unspecified atom stereocenters. The van der Waals surface area contributed by atoms with Crippen LogP contribution >= 0.6 is 0 Å². The predicted octanol–water partition coefficient (Wildman–Crippen LogP) is 2.71. The number of benzene rings is 1. The number of carboxylic acid groups (broad SMARTS) is 1. The first kappa shape index (κ1) is 13.2. The molecule has 3 heterocycles. The summed E-state index contributed by atoms with van der Waals surface area (Å²) in [6.45, 7) is 0. The fourth-order valence-corrected chi connectivity index (χ4v) is 2.64. The third-order valence-corrected chi connectivity index (χ3v) is 3.66. The topological polar surface area (TPSA) is 108 Å². The van der Waals surface area contributed by atoms with Crippen molar-refractivity contribution in [1.82, 2.24) is 25.4 Å². The van der Waals surface area contributed by atoms with Crippen molar-refractivity contribution >= 4 is 16.9 Å². The number of fused-ring (bicyclic) bond motifs is 1. The molecule has 0 radical (unpaired) electrons. The molecule has 3 aromatic heterocycles. The van der Waals surface area contributed by atoms with Gasteiger partial charge in [0.05, 0.1) is 23.0 Å². The molecule has 0 bridgehead atoms. The van der Waals surface area contributed by atoms with E-state index in [2.05, 4.69) is 25.4 Å². The van der Waals surface area contributed by atoms with Gasteiger partial charge in [-0.2, -0.15) is 10.2 Å². The average Bonchev–Trinajstić information content (AvgIpc) is 3.21. The van der Waals surface area contributed by atoms with E-state index in [-0.39, 0.29) is 5.56 Å². The monoisotopic (exact) mass is 305 g/mol. The molecule has 0 aliphatic rings. The van der Waals surface area contributed by atoms with Gasteiger partial charge in [-0.15, -0.1) is 0 Å². The van der Waals surface area contributed by atoms with Crippen LogP contribution in [0.5, 0.6) is 0 Å². The third-order valence-electron chi connectivity index (χ3n) is 3.66. The Morgan fingerprint density at radius 3 is 2.78 bits per heavy atom. The van der Waals surface area contributed by atoms with Crippen LogP contribution in [0.15, 0.2) is 48.9 Å². The van der Waals surface area contributed by atoms with Gasteiger partial charge in [0.15, 0.2) is 0 Å². The molecular formula is C16H11N5O2. The minimum Gasteiger partial charge on any atom is -0.478 e. The van der Waals surface area contributed by atoms with Crippen LogP contribution < -0.4 is 0 Å². The molecule has 7 heteroatoms. The molecule has 4 aromatic rings. The Morgan fingerprint density at radius 2 is 2.00 bits per heavy atom. The maximum absolute atomic E-state index is 11.5. The summed E-state index contributed by atoms with van der Waals surface area (Å²) in [6, 6.07) is 8.77. The molecule has 23 heavy (non-hydrogen) atoms. The van der Waals surface area contributed by atoms with Crippen LogP contribution in [0.25, 0.3) is 33.4 Å². The van der Waals surface area contributed by atoms with E-state index >= 15 is 0 Å². The van der Waals surface area contributed by atoms with E-state index in [1.54, 1.807) is 36.8 Å². The summed E-state index contributed by atoms with van der Waals surface area (Å²) in [6.07, 6.45) is 5.03. The van der Waals surface area contributed by atoms with E-state index in [1.165, 1.54) is 0 Å². The lowest BCUT2D eigenvalue weighted by Gasteiger charge is -2.03. The van der Waals surface area contributed by atoms with Gasteiger partial charge in [-0.3, -0.25) is 15.2 Å². The molecule has 0 aliphatic heterocycles. The van der Waals surface area contributed by atoms with Crippen molar-refractivity contribution in [2.45, 2.75) is 0 Å². The van der Waals surface area contributed by atoms with Crippen LogP contribution in [-0.2, 0) is 0 Å². The number of aromatic amines is 2. The molecule has 0 fully saturated rings. The summed E-state index contributed by atoms with van der Waals surface area (Å²) in [5, 5.41) is 24.2. The number of carboxylic acids is 1. The molecule has 0 atom stereocenters. The van der Waals surface area contributed by atoms with Gasteiger partial charge in [-0.25, -0.2) is 4.79 Å². The first-order valence-corrected chi connectivity index (χ1v) is 6.90. The minimum absolute atomic E-state index is 0.199. The lowest BCUT2D eigenvalue weighted by molar-refractivity contribution is 0.0699. The minimum atomic E-state index is -0.996. The van der Waals surface area contributed by atoms with E-state index < -0.39 is 5.97 Å². The van der Waals surface area contributed by atoms with Gasteiger partial charge in [0, 0.05) is 28.9 Å². The lowest BCUT2D eigenvalue weighted by Crippen LogP contribution is -1.97. The van der Waals surface area contributed by atoms with E-state index in [1.807, 2.05) is 12.1 Å². The van der Waals surface area contributed by atoms with Gasteiger partial charge in [0.25, 0.3) is 0 Å². The molecule has 0 amide bonds. The molecule has 0 saturated heterocycles. The van der Waals surface area contributed by atoms with Gasteiger partial charge in [0.2, 0.25) is 0 Å². The highest BCUT2D eigenvalue weighted by atomic mass is 16.4. The van der Waals surface area contributed by atoms with Crippen molar-refractivity contribution in [3.8, 4) is 22.5 Å². The smallest absolute Gasteiger partial charge is 0.336 e. The van der Waals surface area contributed by atoms with Gasteiger partial charge >= 0.3 is 5.97 Å². The Morgan fingerprint density at radius 1 is 1.09 bits per heavy atom. The first-order chi connectivity index (χ1) is 11.3. The quantitative estimate of drug-likeness (QED) is 0.539. The number of nitrogens with one attached hydrogen (secondary N) is 2. The SMILES string of the molecule is O=C(O)c1cccc2[nH]nc(-c3cn[nH]c3-c3cccnc3)c12. The van der Waals surface area contributed by atoms with Gasteiger partial charge in [0.1, 0.15) is 5.69 Å². The third kappa shape index (κ3) is 2.06. The largest absolute Gasteiger partial charge is 0.478 e. The van der Waals surface area contributed by atoms with E-state index in [0.717, 1.165) is 16.8 Å². The molecule has 0 saturated carbocycles. The van der Waals surface area contributed by atoms with Crippen LogP contribution in [0.1, 0.15) is 10.4 Å². The Bertz CT molecular complexity index is 1000. The normalized spacial score (nSPS) is 11.0. The number of pyridine rings is 1. The van der Waals surface area contributed by atoms with Crippen molar-refractivity contribution in [3.05, 3.63) is 54.5 Å². The number of nitrogens with zero attached hydrogens (tertiary/aromatic N) is 3. The number of H-pyrrole nitrogens is 2. The number of hydrogen-bond acceptors (Lipinski definition) is 4. The summed E-state index contributed by atoms with van der Waals surface area (Å²) in [5.74, 6) is -0.996. The van der Waals surface area contributed by atoms with E-state index in [4.69, 9.17) is 0 Å². The van der Waals surface area contributed by atoms with E-state index in [9.17, 15) is 9.90 Å².